The molecule has 5 rings (SSSR count). The summed E-state index contributed by atoms with van der Waals surface area (Å²) < 4.78 is 7.30. The lowest BCUT2D eigenvalue weighted by Gasteiger charge is -2.21. The van der Waals surface area contributed by atoms with Crippen LogP contribution in [0.5, 0.6) is 0 Å². The average molecular weight is 379 g/mol. The predicted octanol–water partition coefficient (Wildman–Crippen LogP) is 4.52. The molecule has 0 unspecified atom stereocenters. The molecule has 4 aromatic heterocycles. The monoisotopic (exact) mass is 378 g/mol. The van der Waals surface area contributed by atoms with Crippen LogP contribution in [0.15, 0.2) is 30.6 Å². The van der Waals surface area contributed by atoms with Crippen LogP contribution in [-0.2, 0) is 18.2 Å². The van der Waals surface area contributed by atoms with Gasteiger partial charge in [0.05, 0.1) is 5.69 Å². The second-order valence-electron chi connectivity index (χ2n) is 7.40. The molecule has 0 aliphatic carbocycles. The normalized spacial score (nSPS) is 15.8. The molecule has 1 saturated heterocycles. The number of aryl methyl sites for hydroxylation is 2. The smallest absolute Gasteiger partial charge is 0.181 e. The van der Waals surface area contributed by atoms with Gasteiger partial charge in [0.25, 0.3) is 0 Å². The molecule has 1 aliphatic rings. The standard InChI is InChI=1S/C21H22N4OS/c1-13-17-3-4-18(15-10-16-12-25(2)24-20(16)22-11-15)23-21(17)27-19(13)9-14-5-7-26-8-6-14/h3-4,10-12,14H,5-9H2,1-2H3. The van der Waals surface area contributed by atoms with E-state index in [-0.39, 0.29) is 0 Å². The Hall–Kier alpha value is -2.31. The van der Waals surface area contributed by atoms with E-state index in [1.165, 1.54) is 28.7 Å². The zero-order valence-electron chi connectivity index (χ0n) is 15.6. The fourth-order valence-corrected chi connectivity index (χ4v) is 5.18. The Balaban J connectivity index is 1.50. The van der Waals surface area contributed by atoms with Gasteiger partial charge in [0, 0.05) is 53.9 Å². The molecule has 0 atom stereocenters. The zero-order chi connectivity index (χ0) is 18.4. The molecule has 1 aliphatic heterocycles. The van der Waals surface area contributed by atoms with Crippen LogP contribution in [0.1, 0.15) is 23.3 Å². The Kier molecular flexibility index (Phi) is 4.17. The van der Waals surface area contributed by atoms with E-state index in [9.17, 15) is 0 Å². The van der Waals surface area contributed by atoms with Gasteiger partial charge in [-0.1, -0.05) is 0 Å². The lowest BCUT2D eigenvalue weighted by Crippen LogP contribution is -2.17. The molecule has 0 spiro atoms. The third-order valence-corrected chi connectivity index (χ3v) is 6.71. The number of fused-ring (bicyclic) bond motifs is 2. The summed E-state index contributed by atoms with van der Waals surface area (Å²) in [6.45, 7) is 4.04. The van der Waals surface area contributed by atoms with Crippen LogP contribution in [0.3, 0.4) is 0 Å². The fraction of sp³-hybridized carbons (Fsp3) is 0.381. The maximum absolute atomic E-state index is 5.50. The Morgan fingerprint density at radius 2 is 2.11 bits per heavy atom. The highest BCUT2D eigenvalue weighted by atomic mass is 32.1. The first-order valence-electron chi connectivity index (χ1n) is 9.44. The van der Waals surface area contributed by atoms with Gasteiger partial charge in [0.1, 0.15) is 4.83 Å². The molecule has 138 valence electrons. The van der Waals surface area contributed by atoms with Crippen molar-refractivity contribution in [3.8, 4) is 11.3 Å². The molecular formula is C21H22N4OS. The SMILES string of the molecule is Cc1c(CC2CCOCC2)sc2nc(-c3cnc4nn(C)cc4c3)ccc12. The summed E-state index contributed by atoms with van der Waals surface area (Å²) in [5.74, 6) is 0.738. The van der Waals surface area contributed by atoms with Gasteiger partial charge < -0.3 is 4.74 Å². The molecule has 0 aromatic carbocycles. The maximum atomic E-state index is 5.50. The van der Waals surface area contributed by atoms with Crippen molar-refractivity contribution in [2.24, 2.45) is 13.0 Å². The van der Waals surface area contributed by atoms with Crippen LogP contribution in [-0.4, -0.2) is 33.0 Å². The lowest BCUT2D eigenvalue weighted by atomic mass is 9.94. The number of ether oxygens (including phenoxy) is 1. The minimum Gasteiger partial charge on any atom is -0.381 e. The number of aromatic nitrogens is 4. The van der Waals surface area contributed by atoms with Crippen molar-refractivity contribution in [3.63, 3.8) is 0 Å². The number of hydrogen-bond acceptors (Lipinski definition) is 5. The van der Waals surface area contributed by atoms with Crippen molar-refractivity contribution < 1.29 is 4.74 Å². The van der Waals surface area contributed by atoms with Gasteiger partial charge in [0.15, 0.2) is 5.65 Å². The topological polar surface area (TPSA) is 52.8 Å². The molecule has 5 heterocycles. The summed E-state index contributed by atoms with van der Waals surface area (Å²) in [6.07, 6.45) is 7.35. The molecule has 1 fully saturated rings. The summed E-state index contributed by atoms with van der Waals surface area (Å²) in [5.41, 5.74) is 4.17. The van der Waals surface area contributed by atoms with E-state index >= 15 is 0 Å². The number of pyridine rings is 2. The summed E-state index contributed by atoms with van der Waals surface area (Å²) >= 11 is 1.85. The molecule has 27 heavy (non-hydrogen) atoms. The third kappa shape index (κ3) is 3.13. The van der Waals surface area contributed by atoms with Crippen LogP contribution in [0.25, 0.3) is 32.5 Å². The van der Waals surface area contributed by atoms with Crippen molar-refractivity contribution in [2.45, 2.75) is 26.2 Å². The summed E-state index contributed by atoms with van der Waals surface area (Å²) in [5, 5.41) is 6.67. The maximum Gasteiger partial charge on any atom is 0.181 e. The molecule has 5 nitrogen and oxygen atoms in total. The molecule has 0 radical (unpaired) electrons. The Bertz CT molecular complexity index is 1120. The minimum atomic E-state index is 0.738. The molecule has 0 N–H and O–H groups in total. The van der Waals surface area contributed by atoms with Gasteiger partial charge in [-0.05, 0) is 55.9 Å². The van der Waals surface area contributed by atoms with Gasteiger partial charge in [0.2, 0.25) is 0 Å². The highest BCUT2D eigenvalue weighted by Gasteiger charge is 2.18. The van der Waals surface area contributed by atoms with E-state index in [1.54, 1.807) is 4.68 Å². The van der Waals surface area contributed by atoms with Crippen LogP contribution in [0.4, 0.5) is 0 Å². The molecule has 0 bridgehead atoms. The van der Waals surface area contributed by atoms with Gasteiger partial charge in [-0.25, -0.2) is 9.97 Å². The Morgan fingerprint density at radius 1 is 1.26 bits per heavy atom. The summed E-state index contributed by atoms with van der Waals surface area (Å²) in [6, 6.07) is 6.44. The van der Waals surface area contributed by atoms with E-state index in [2.05, 4.69) is 35.2 Å². The zero-order valence-corrected chi connectivity index (χ0v) is 16.4. The van der Waals surface area contributed by atoms with Gasteiger partial charge in [-0.3, -0.25) is 4.68 Å². The van der Waals surface area contributed by atoms with E-state index in [4.69, 9.17) is 9.72 Å². The quantitative estimate of drug-likeness (QED) is 0.526. The van der Waals surface area contributed by atoms with Crippen LogP contribution in [0, 0.1) is 12.8 Å². The third-order valence-electron chi connectivity index (χ3n) is 5.49. The first-order chi connectivity index (χ1) is 13.2. The number of hydrogen-bond donors (Lipinski definition) is 0. The van der Waals surface area contributed by atoms with Gasteiger partial charge in [-0.15, -0.1) is 11.3 Å². The van der Waals surface area contributed by atoms with Crippen molar-refractivity contribution in [2.75, 3.05) is 13.2 Å². The van der Waals surface area contributed by atoms with E-state index < -0.39 is 0 Å². The van der Waals surface area contributed by atoms with E-state index in [0.29, 0.717) is 0 Å². The summed E-state index contributed by atoms with van der Waals surface area (Å²) in [4.78, 5) is 12.0. The van der Waals surface area contributed by atoms with Gasteiger partial charge in [-0.2, -0.15) is 5.10 Å². The van der Waals surface area contributed by atoms with E-state index in [1.807, 2.05) is 30.8 Å². The van der Waals surface area contributed by atoms with E-state index in [0.717, 1.165) is 52.7 Å². The molecule has 4 aromatic rings. The van der Waals surface area contributed by atoms with Crippen molar-refractivity contribution in [1.29, 1.82) is 0 Å². The van der Waals surface area contributed by atoms with Crippen molar-refractivity contribution in [3.05, 3.63) is 41.0 Å². The second kappa shape index (κ2) is 6.69. The van der Waals surface area contributed by atoms with Crippen LogP contribution >= 0.6 is 11.3 Å². The lowest BCUT2D eigenvalue weighted by molar-refractivity contribution is 0.0667. The van der Waals surface area contributed by atoms with Crippen LogP contribution in [0.2, 0.25) is 0 Å². The predicted molar refractivity (Wildman–Crippen MR) is 109 cm³/mol. The van der Waals surface area contributed by atoms with Gasteiger partial charge >= 0.3 is 0 Å². The molecule has 0 saturated carbocycles. The summed E-state index contributed by atoms with van der Waals surface area (Å²) in [7, 11) is 1.92. The second-order valence-corrected chi connectivity index (χ2v) is 8.48. The Morgan fingerprint density at radius 3 is 2.96 bits per heavy atom. The number of rotatable bonds is 3. The van der Waals surface area contributed by atoms with Crippen molar-refractivity contribution >= 4 is 32.6 Å². The first-order valence-corrected chi connectivity index (χ1v) is 10.3. The molecular weight excluding hydrogens is 356 g/mol. The largest absolute Gasteiger partial charge is 0.381 e. The highest BCUT2D eigenvalue weighted by Crippen LogP contribution is 2.34. The number of nitrogens with zero attached hydrogens (tertiary/aromatic N) is 4. The average Bonchev–Trinajstić information content (AvgIpc) is 3.20. The minimum absolute atomic E-state index is 0.738. The van der Waals surface area contributed by atoms with Crippen molar-refractivity contribution in [1.82, 2.24) is 19.7 Å². The highest BCUT2D eigenvalue weighted by molar-refractivity contribution is 7.18. The van der Waals surface area contributed by atoms with Crippen LogP contribution < -0.4 is 0 Å². The number of thiophene rings is 1. The first kappa shape index (κ1) is 16.8. The molecule has 0 amide bonds. The molecule has 6 heteroatoms. The Labute approximate surface area is 162 Å². The fourth-order valence-electron chi connectivity index (χ4n) is 3.89.